The monoisotopic (exact) mass is 649 g/mol. The molecule has 3 aromatic carbocycles. The average Bonchev–Trinajstić information content (AvgIpc) is 3.76. The minimum atomic E-state index is -1.03. The van der Waals surface area contributed by atoms with Crippen LogP contribution < -0.4 is 14.4 Å². The number of aliphatic hydroxyl groups is 1. The summed E-state index contributed by atoms with van der Waals surface area (Å²) in [5.41, 5.74) is 2.99. The maximum absolute atomic E-state index is 13.8. The number of hydrogen-bond donors (Lipinski definition) is 1. The Hall–Kier alpha value is -5.20. The van der Waals surface area contributed by atoms with Crippen LogP contribution in [-0.2, 0) is 15.3 Å². The highest BCUT2D eigenvalue weighted by Gasteiger charge is 2.49. The molecule has 3 aromatic heterocycles. The van der Waals surface area contributed by atoms with Crippen LogP contribution in [0.15, 0.2) is 95.0 Å². The van der Waals surface area contributed by atoms with Crippen LogP contribution in [0.3, 0.4) is 0 Å². The van der Waals surface area contributed by atoms with Gasteiger partial charge in [0, 0.05) is 11.9 Å². The number of amides is 1. The van der Waals surface area contributed by atoms with Crippen molar-refractivity contribution in [3.8, 4) is 11.5 Å². The molecule has 1 unspecified atom stereocenters. The number of ketones is 1. The largest absolute Gasteiger partial charge is 0.505 e. The Morgan fingerprint density at radius 1 is 0.957 bits per heavy atom. The van der Waals surface area contributed by atoms with Gasteiger partial charge in [-0.3, -0.25) is 18.9 Å². The molecule has 46 heavy (non-hydrogen) atoms. The van der Waals surface area contributed by atoms with Crippen LogP contribution in [0.2, 0.25) is 0 Å². The van der Waals surface area contributed by atoms with Gasteiger partial charge in [-0.15, -0.1) is 10.2 Å². The first-order chi connectivity index (χ1) is 22.4. The van der Waals surface area contributed by atoms with Crippen LogP contribution >= 0.6 is 23.1 Å². The molecule has 230 valence electrons. The van der Waals surface area contributed by atoms with E-state index in [9.17, 15) is 14.7 Å². The lowest BCUT2D eigenvalue weighted by Gasteiger charge is -2.23. The molecule has 1 N–H and O–H groups in total. The molecule has 0 radical (unpaired) electrons. The second kappa shape index (κ2) is 12.0. The molecule has 1 atom stereocenters. The third-order valence-electron chi connectivity index (χ3n) is 7.93. The van der Waals surface area contributed by atoms with Crippen molar-refractivity contribution in [1.29, 1.82) is 0 Å². The number of anilines is 1. The molecular formula is C34H27N5O5S2. The number of methoxy groups -OCH3 is 2. The van der Waals surface area contributed by atoms with Gasteiger partial charge in [-0.05, 0) is 53.1 Å². The standard InChI is InChI=1S/C34H27N5O5S2/c1-19-28(38-16-7-6-13-26(38)35-19)30(40)27-29(21-14-15-24(43-2)25(17-21)44-3)39(32(42)31(27)41)33-36-37-34(46-33)45-18-22-11-8-10-20-9-4-5-12-23(20)22/h4-17,29,40H,18H2,1-3H3. The van der Waals surface area contributed by atoms with E-state index in [1.54, 1.807) is 47.9 Å². The lowest BCUT2D eigenvalue weighted by atomic mass is 9.96. The molecule has 0 bridgehead atoms. The van der Waals surface area contributed by atoms with E-state index in [4.69, 9.17) is 9.47 Å². The van der Waals surface area contributed by atoms with Crippen molar-refractivity contribution in [3.05, 3.63) is 113 Å². The molecule has 0 aliphatic carbocycles. The number of imidazole rings is 1. The number of thioether (sulfide) groups is 1. The topological polar surface area (TPSA) is 119 Å². The lowest BCUT2D eigenvalue weighted by Crippen LogP contribution is -2.29. The smallest absolute Gasteiger partial charge is 0.301 e. The summed E-state index contributed by atoms with van der Waals surface area (Å²) in [6.45, 7) is 1.74. The van der Waals surface area contributed by atoms with Gasteiger partial charge in [0.25, 0.3) is 5.78 Å². The molecule has 12 heteroatoms. The van der Waals surface area contributed by atoms with E-state index in [1.807, 2.05) is 24.3 Å². The van der Waals surface area contributed by atoms with Gasteiger partial charge in [-0.2, -0.15) is 0 Å². The summed E-state index contributed by atoms with van der Waals surface area (Å²) in [6, 6.07) is 23.9. The normalized spacial score (nSPS) is 16.1. The zero-order valence-electron chi connectivity index (χ0n) is 25.0. The van der Waals surface area contributed by atoms with Crippen LogP contribution in [0.1, 0.15) is 28.6 Å². The summed E-state index contributed by atoms with van der Waals surface area (Å²) in [5.74, 6) is -0.491. The molecule has 10 nitrogen and oxygen atoms in total. The van der Waals surface area contributed by atoms with Crippen molar-refractivity contribution in [1.82, 2.24) is 19.6 Å². The number of ether oxygens (including phenoxy) is 2. The first-order valence-electron chi connectivity index (χ1n) is 14.3. The Morgan fingerprint density at radius 2 is 1.74 bits per heavy atom. The van der Waals surface area contributed by atoms with Crippen molar-refractivity contribution < 1.29 is 24.2 Å². The number of Topliss-reactive ketones (excluding diaryl/α,β-unsaturated/α-hetero) is 1. The van der Waals surface area contributed by atoms with Gasteiger partial charge in [-0.25, -0.2) is 4.98 Å². The molecule has 1 aliphatic heterocycles. The molecule has 1 saturated heterocycles. The Kier molecular flexibility index (Phi) is 7.67. The first-order valence-corrected chi connectivity index (χ1v) is 16.1. The zero-order valence-corrected chi connectivity index (χ0v) is 26.6. The average molecular weight is 650 g/mol. The predicted octanol–water partition coefficient (Wildman–Crippen LogP) is 6.58. The number of carbonyl (C=O) groups excluding carboxylic acids is 2. The van der Waals surface area contributed by atoms with Gasteiger partial charge in [0.15, 0.2) is 21.6 Å². The second-order valence-electron chi connectivity index (χ2n) is 10.5. The molecular weight excluding hydrogens is 623 g/mol. The fraction of sp³-hybridized carbons (Fsp3) is 0.147. The molecule has 0 saturated carbocycles. The first kappa shape index (κ1) is 29.5. The summed E-state index contributed by atoms with van der Waals surface area (Å²) >= 11 is 2.71. The van der Waals surface area contributed by atoms with Crippen molar-refractivity contribution in [3.63, 3.8) is 0 Å². The molecule has 1 aliphatic rings. The highest BCUT2D eigenvalue weighted by atomic mass is 32.2. The summed E-state index contributed by atoms with van der Waals surface area (Å²) in [7, 11) is 3.03. The number of pyridine rings is 1. The van der Waals surface area contributed by atoms with E-state index in [0.717, 1.165) is 16.3 Å². The van der Waals surface area contributed by atoms with E-state index in [0.29, 0.717) is 44.2 Å². The number of aromatic nitrogens is 4. The Labute approximate surface area is 271 Å². The summed E-state index contributed by atoms with van der Waals surface area (Å²) in [4.78, 5) is 33.5. The quantitative estimate of drug-likeness (QED) is 0.0641. The number of rotatable bonds is 8. The Bertz CT molecular complexity index is 2180. The van der Waals surface area contributed by atoms with E-state index in [2.05, 4.69) is 39.4 Å². The van der Waals surface area contributed by atoms with Crippen molar-refractivity contribution in [2.45, 2.75) is 23.1 Å². The Morgan fingerprint density at radius 3 is 2.57 bits per heavy atom. The number of hydrogen-bond acceptors (Lipinski definition) is 10. The van der Waals surface area contributed by atoms with Crippen LogP contribution in [0.5, 0.6) is 11.5 Å². The summed E-state index contributed by atoms with van der Waals surface area (Å²) in [5, 5.41) is 23.1. The molecule has 1 amide bonds. The fourth-order valence-electron chi connectivity index (χ4n) is 5.81. The summed E-state index contributed by atoms with van der Waals surface area (Å²) < 4.78 is 13.3. The van der Waals surface area contributed by atoms with Gasteiger partial charge in [0.05, 0.1) is 31.5 Å². The zero-order chi connectivity index (χ0) is 31.9. The van der Waals surface area contributed by atoms with E-state index >= 15 is 0 Å². The number of aryl methyl sites for hydroxylation is 1. The molecule has 1 fully saturated rings. The van der Waals surface area contributed by atoms with Gasteiger partial charge < -0.3 is 14.6 Å². The van der Waals surface area contributed by atoms with Gasteiger partial charge in [-0.1, -0.05) is 77.7 Å². The van der Waals surface area contributed by atoms with E-state index in [-0.39, 0.29) is 16.5 Å². The fourth-order valence-corrected chi connectivity index (χ4v) is 7.68. The van der Waals surface area contributed by atoms with Crippen molar-refractivity contribution >= 4 is 62.1 Å². The van der Waals surface area contributed by atoms with E-state index < -0.39 is 17.7 Å². The van der Waals surface area contributed by atoms with E-state index in [1.165, 1.54) is 42.2 Å². The minimum absolute atomic E-state index is 0.0915. The van der Waals surface area contributed by atoms with Crippen molar-refractivity contribution in [2.75, 3.05) is 19.1 Å². The van der Waals surface area contributed by atoms with Gasteiger partial charge >= 0.3 is 5.91 Å². The number of benzene rings is 3. The molecule has 7 rings (SSSR count). The third-order valence-corrected chi connectivity index (χ3v) is 10.0. The predicted molar refractivity (Wildman–Crippen MR) is 178 cm³/mol. The number of nitrogens with zero attached hydrogens (tertiary/aromatic N) is 5. The minimum Gasteiger partial charge on any atom is -0.505 e. The van der Waals surface area contributed by atoms with Crippen molar-refractivity contribution in [2.24, 2.45) is 0 Å². The number of carbonyl (C=O) groups is 2. The molecule has 6 aromatic rings. The SMILES string of the molecule is COc1ccc(C2C(=C(O)c3c(C)nc4ccccn34)C(=O)C(=O)N2c2nnc(SCc3cccc4ccccc34)s2)cc1OC. The van der Waals surface area contributed by atoms with Crippen LogP contribution in [-0.4, -0.2) is 50.6 Å². The third kappa shape index (κ3) is 4.95. The van der Waals surface area contributed by atoms with Gasteiger partial charge in [0.1, 0.15) is 11.3 Å². The van der Waals surface area contributed by atoms with Crippen LogP contribution in [0, 0.1) is 6.92 Å². The highest BCUT2D eigenvalue weighted by Crippen LogP contribution is 2.46. The molecule has 4 heterocycles. The Balaban J connectivity index is 1.32. The van der Waals surface area contributed by atoms with Crippen LogP contribution in [0.25, 0.3) is 22.2 Å². The maximum Gasteiger partial charge on any atom is 0.301 e. The second-order valence-corrected chi connectivity index (χ2v) is 12.7. The summed E-state index contributed by atoms with van der Waals surface area (Å²) in [6.07, 6.45) is 1.75. The van der Waals surface area contributed by atoms with Gasteiger partial charge in [0.2, 0.25) is 5.13 Å². The maximum atomic E-state index is 13.8. The number of fused-ring (bicyclic) bond motifs is 2. The number of aliphatic hydroxyl groups excluding tert-OH is 1. The van der Waals surface area contributed by atoms with Crippen LogP contribution in [0.4, 0.5) is 5.13 Å². The lowest BCUT2D eigenvalue weighted by molar-refractivity contribution is -0.132. The highest BCUT2D eigenvalue weighted by molar-refractivity contribution is 8.00. The molecule has 0 spiro atoms.